The molecule has 144 valence electrons. The third-order valence-corrected chi connectivity index (χ3v) is 4.22. The quantitative estimate of drug-likeness (QED) is 0.575. The van der Waals surface area contributed by atoms with Crippen molar-refractivity contribution >= 4 is 11.6 Å². The van der Waals surface area contributed by atoms with Crippen LogP contribution in [0.1, 0.15) is 17.5 Å². The third-order valence-electron chi connectivity index (χ3n) is 4.22. The molecule has 0 aliphatic heterocycles. The van der Waals surface area contributed by atoms with Gasteiger partial charge in [0, 0.05) is 30.8 Å². The molecule has 0 unspecified atom stereocenters. The number of carbonyl (C=O) groups excluding carboxylic acids is 1. The molecule has 0 bridgehead atoms. The average molecular weight is 378 g/mol. The van der Waals surface area contributed by atoms with Crippen molar-refractivity contribution < 1.29 is 13.9 Å². The summed E-state index contributed by atoms with van der Waals surface area (Å²) in [5, 5.41) is 5.92. The number of anilines is 1. The molecule has 0 saturated heterocycles. The molecular formula is C23H23FN2O2. The lowest BCUT2D eigenvalue weighted by Crippen LogP contribution is -2.25. The van der Waals surface area contributed by atoms with Crippen LogP contribution < -0.4 is 15.4 Å². The van der Waals surface area contributed by atoms with Crippen LogP contribution in [0.2, 0.25) is 0 Å². The Kier molecular flexibility index (Phi) is 7.01. The van der Waals surface area contributed by atoms with E-state index in [-0.39, 0.29) is 18.3 Å². The second kappa shape index (κ2) is 10.1. The molecule has 4 nitrogen and oxygen atoms in total. The second-order valence-corrected chi connectivity index (χ2v) is 6.34. The highest BCUT2D eigenvalue weighted by Crippen LogP contribution is 2.17. The van der Waals surface area contributed by atoms with E-state index >= 15 is 0 Å². The number of hydrogen-bond donors (Lipinski definition) is 2. The summed E-state index contributed by atoms with van der Waals surface area (Å²) in [6, 6.07) is 24.0. The van der Waals surface area contributed by atoms with Gasteiger partial charge in [-0.1, -0.05) is 48.5 Å². The predicted molar refractivity (Wildman–Crippen MR) is 109 cm³/mol. The standard InChI is InChI=1S/C23H23FN2O2/c24-22-9-5-4-8-19(22)16-26-23(27)14-15-25-20-10-12-21(13-11-20)28-17-18-6-2-1-3-7-18/h1-13,25H,14-17H2,(H,26,27). The molecule has 0 atom stereocenters. The predicted octanol–water partition coefficient (Wildman–Crippen LogP) is 4.52. The Morgan fingerprint density at radius 2 is 1.61 bits per heavy atom. The van der Waals surface area contributed by atoms with Gasteiger partial charge in [-0.2, -0.15) is 0 Å². The van der Waals surface area contributed by atoms with Crippen LogP contribution in [0.25, 0.3) is 0 Å². The number of carbonyl (C=O) groups is 1. The van der Waals surface area contributed by atoms with Crippen LogP contribution in [0.4, 0.5) is 10.1 Å². The summed E-state index contributed by atoms with van der Waals surface area (Å²) in [6.45, 7) is 1.21. The Morgan fingerprint density at radius 3 is 2.36 bits per heavy atom. The molecule has 2 N–H and O–H groups in total. The SMILES string of the molecule is O=C(CCNc1ccc(OCc2ccccc2)cc1)NCc1ccccc1F. The molecule has 3 rings (SSSR count). The molecule has 0 spiro atoms. The summed E-state index contributed by atoms with van der Waals surface area (Å²) in [6.07, 6.45) is 0.306. The molecule has 0 aliphatic carbocycles. The Labute approximate surface area is 164 Å². The molecule has 1 amide bonds. The molecule has 0 heterocycles. The maximum Gasteiger partial charge on any atom is 0.222 e. The van der Waals surface area contributed by atoms with Gasteiger partial charge in [-0.15, -0.1) is 0 Å². The first-order valence-electron chi connectivity index (χ1n) is 9.21. The summed E-state index contributed by atoms with van der Waals surface area (Å²) in [4.78, 5) is 11.9. The Hall–Kier alpha value is -3.34. The van der Waals surface area contributed by atoms with Crippen molar-refractivity contribution in [2.45, 2.75) is 19.6 Å². The Balaban J connectivity index is 1.36. The van der Waals surface area contributed by atoms with Gasteiger partial charge in [-0.25, -0.2) is 4.39 Å². The van der Waals surface area contributed by atoms with Gasteiger partial charge in [0.15, 0.2) is 0 Å². The van der Waals surface area contributed by atoms with Crippen molar-refractivity contribution in [2.75, 3.05) is 11.9 Å². The molecule has 0 aromatic heterocycles. The van der Waals surface area contributed by atoms with Gasteiger partial charge in [0.1, 0.15) is 18.2 Å². The molecule has 5 heteroatoms. The maximum atomic E-state index is 13.5. The summed E-state index contributed by atoms with van der Waals surface area (Å²) >= 11 is 0. The fraction of sp³-hybridized carbons (Fsp3) is 0.174. The third kappa shape index (κ3) is 6.13. The van der Waals surface area contributed by atoms with E-state index in [1.807, 2.05) is 54.6 Å². The van der Waals surface area contributed by atoms with Gasteiger partial charge in [0.25, 0.3) is 0 Å². The summed E-state index contributed by atoms with van der Waals surface area (Å²) in [5.74, 6) is 0.353. The van der Waals surface area contributed by atoms with Crippen LogP contribution in [-0.4, -0.2) is 12.5 Å². The van der Waals surface area contributed by atoms with Gasteiger partial charge < -0.3 is 15.4 Å². The van der Waals surface area contributed by atoms with Crippen LogP contribution in [0.15, 0.2) is 78.9 Å². The zero-order chi connectivity index (χ0) is 19.6. The van der Waals surface area contributed by atoms with Gasteiger partial charge >= 0.3 is 0 Å². The number of hydrogen-bond acceptors (Lipinski definition) is 3. The lowest BCUT2D eigenvalue weighted by molar-refractivity contribution is -0.121. The van der Waals surface area contributed by atoms with Crippen molar-refractivity contribution in [3.8, 4) is 5.75 Å². The van der Waals surface area contributed by atoms with Gasteiger partial charge in [-0.05, 0) is 35.9 Å². The van der Waals surface area contributed by atoms with E-state index in [0.717, 1.165) is 17.0 Å². The largest absolute Gasteiger partial charge is 0.489 e. The monoisotopic (exact) mass is 378 g/mol. The minimum absolute atomic E-state index is 0.126. The first-order valence-corrected chi connectivity index (χ1v) is 9.21. The number of benzene rings is 3. The number of halogens is 1. The molecule has 28 heavy (non-hydrogen) atoms. The van der Waals surface area contributed by atoms with Crippen LogP contribution in [0.3, 0.4) is 0 Å². The zero-order valence-electron chi connectivity index (χ0n) is 15.5. The molecule has 0 fully saturated rings. The first kappa shape index (κ1) is 19.4. The first-order chi connectivity index (χ1) is 13.7. The normalized spacial score (nSPS) is 10.3. The van der Waals surface area contributed by atoms with Crippen LogP contribution in [0, 0.1) is 5.82 Å². The number of nitrogens with one attached hydrogen (secondary N) is 2. The van der Waals surface area contributed by atoms with Gasteiger partial charge in [0.05, 0.1) is 0 Å². The Bertz CT molecular complexity index is 883. The van der Waals surface area contributed by atoms with Crippen molar-refractivity contribution in [2.24, 2.45) is 0 Å². The van der Waals surface area contributed by atoms with Gasteiger partial charge in [0.2, 0.25) is 5.91 Å². The van der Waals surface area contributed by atoms with E-state index in [0.29, 0.717) is 25.1 Å². The average Bonchev–Trinajstić information content (AvgIpc) is 2.73. The lowest BCUT2D eigenvalue weighted by atomic mass is 10.2. The highest BCUT2D eigenvalue weighted by Gasteiger charge is 2.04. The van der Waals surface area contributed by atoms with E-state index in [2.05, 4.69) is 10.6 Å². The van der Waals surface area contributed by atoms with Crippen molar-refractivity contribution in [3.05, 3.63) is 95.8 Å². The molecule has 0 aliphatic rings. The van der Waals surface area contributed by atoms with Gasteiger partial charge in [-0.3, -0.25) is 4.79 Å². The summed E-state index contributed by atoms with van der Waals surface area (Å²) in [5.41, 5.74) is 2.51. The number of amides is 1. The van der Waals surface area contributed by atoms with Crippen LogP contribution >= 0.6 is 0 Å². The fourth-order valence-corrected chi connectivity index (χ4v) is 2.65. The number of ether oxygens (including phenoxy) is 1. The van der Waals surface area contributed by atoms with E-state index in [9.17, 15) is 9.18 Å². The van der Waals surface area contributed by atoms with E-state index in [4.69, 9.17) is 4.74 Å². The van der Waals surface area contributed by atoms with E-state index in [1.54, 1.807) is 18.2 Å². The fourth-order valence-electron chi connectivity index (χ4n) is 2.65. The van der Waals surface area contributed by atoms with Crippen molar-refractivity contribution in [1.29, 1.82) is 0 Å². The van der Waals surface area contributed by atoms with E-state index < -0.39 is 0 Å². The van der Waals surface area contributed by atoms with Crippen LogP contribution in [0.5, 0.6) is 5.75 Å². The topological polar surface area (TPSA) is 50.4 Å². The van der Waals surface area contributed by atoms with Crippen molar-refractivity contribution in [3.63, 3.8) is 0 Å². The molecule has 3 aromatic rings. The highest BCUT2D eigenvalue weighted by molar-refractivity contribution is 5.76. The summed E-state index contributed by atoms with van der Waals surface area (Å²) < 4.78 is 19.3. The molecule has 0 radical (unpaired) electrons. The van der Waals surface area contributed by atoms with E-state index in [1.165, 1.54) is 6.07 Å². The minimum Gasteiger partial charge on any atom is -0.489 e. The zero-order valence-corrected chi connectivity index (χ0v) is 15.5. The lowest BCUT2D eigenvalue weighted by Gasteiger charge is -2.10. The Morgan fingerprint density at radius 1 is 0.893 bits per heavy atom. The maximum absolute atomic E-state index is 13.5. The smallest absolute Gasteiger partial charge is 0.222 e. The van der Waals surface area contributed by atoms with Crippen LogP contribution in [-0.2, 0) is 17.9 Å². The summed E-state index contributed by atoms with van der Waals surface area (Å²) in [7, 11) is 0. The molecule has 0 saturated carbocycles. The van der Waals surface area contributed by atoms with Crippen molar-refractivity contribution in [1.82, 2.24) is 5.32 Å². The molecular weight excluding hydrogens is 355 g/mol. The number of rotatable bonds is 9. The second-order valence-electron chi connectivity index (χ2n) is 6.34. The highest BCUT2D eigenvalue weighted by atomic mass is 19.1. The molecule has 3 aromatic carbocycles. The minimum atomic E-state index is -0.310.